The van der Waals surface area contributed by atoms with Gasteiger partial charge in [-0.1, -0.05) is 47.1 Å². The normalized spacial score (nSPS) is 11.0. The van der Waals surface area contributed by atoms with E-state index in [-0.39, 0.29) is 29.1 Å². The largest absolute Gasteiger partial charge is 0.372 e. The van der Waals surface area contributed by atoms with E-state index in [2.05, 4.69) is 39.4 Å². The first-order valence-corrected chi connectivity index (χ1v) is 11.1. The number of carbonyl (C=O) groups is 1. The van der Waals surface area contributed by atoms with Crippen LogP contribution in [0, 0.1) is 0 Å². The number of amides is 1. The lowest BCUT2D eigenvalue weighted by molar-refractivity contribution is -0.121. The van der Waals surface area contributed by atoms with E-state index < -0.39 is 0 Å². The van der Waals surface area contributed by atoms with Crippen LogP contribution in [0.4, 0.5) is 5.69 Å². The summed E-state index contributed by atoms with van der Waals surface area (Å²) in [5.41, 5.74) is 1.94. The summed E-state index contributed by atoms with van der Waals surface area (Å²) < 4.78 is 6.47. The number of halogens is 1. The summed E-state index contributed by atoms with van der Waals surface area (Å²) in [6, 6.07) is 17.1. The van der Waals surface area contributed by atoms with Crippen LogP contribution in [-0.2, 0) is 11.3 Å². The second-order valence-corrected chi connectivity index (χ2v) is 7.95. The minimum Gasteiger partial charge on any atom is -0.372 e. The third-order valence-corrected chi connectivity index (χ3v) is 5.58. The third kappa shape index (κ3) is 5.23. The molecule has 1 N–H and O–H groups in total. The SMILES string of the molecule is CCN(CCCNC(=O)Cn1cnc2onc(-c3ccc(Cl)cc3)c2c1=O)c1ccccc1. The fourth-order valence-electron chi connectivity index (χ4n) is 3.61. The first-order valence-electron chi connectivity index (χ1n) is 10.7. The van der Waals surface area contributed by atoms with Crippen molar-refractivity contribution >= 4 is 34.3 Å². The molecule has 0 radical (unpaired) electrons. The maximum absolute atomic E-state index is 13.0. The van der Waals surface area contributed by atoms with Crippen LogP contribution >= 0.6 is 11.6 Å². The van der Waals surface area contributed by atoms with Gasteiger partial charge in [-0.3, -0.25) is 14.2 Å². The molecular formula is C24H24ClN5O3. The number of hydrogen-bond acceptors (Lipinski definition) is 6. The molecule has 0 atom stereocenters. The highest BCUT2D eigenvalue weighted by Gasteiger charge is 2.18. The van der Waals surface area contributed by atoms with Crippen molar-refractivity contribution in [3.8, 4) is 11.3 Å². The zero-order valence-corrected chi connectivity index (χ0v) is 19.0. The van der Waals surface area contributed by atoms with E-state index in [9.17, 15) is 9.59 Å². The average molecular weight is 466 g/mol. The molecule has 8 nitrogen and oxygen atoms in total. The molecule has 33 heavy (non-hydrogen) atoms. The number of para-hydroxylation sites is 1. The molecule has 0 saturated carbocycles. The van der Waals surface area contributed by atoms with Gasteiger partial charge in [0.2, 0.25) is 5.91 Å². The number of benzene rings is 2. The summed E-state index contributed by atoms with van der Waals surface area (Å²) in [6.45, 7) is 4.18. The van der Waals surface area contributed by atoms with Crippen molar-refractivity contribution < 1.29 is 9.32 Å². The van der Waals surface area contributed by atoms with E-state index in [1.165, 1.54) is 10.9 Å². The highest BCUT2D eigenvalue weighted by Crippen LogP contribution is 2.25. The van der Waals surface area contributed by atoms with Gasteiger partial charge in [-0.05, 0) is 37.6 Å². The molecule has 0 aliphatic heterocycles. The van der Waals surface area contributed by atoms with Crippen molar-refractivity contribution in [1.29, 1.82) is 0 Å². The zero-order chi connectivity index (χ0) is 23.2. The molecule has 0 fully saturated rings. The molecule has 2 aromatic heterocycles. The Kier molecular flexibility index (Phi) is 7.04. The molecule has 4 aromatic rings. The highest BCUT2D eigenvalue weighted by molar-refractivity contribution is 6.30. The molecular weight excluding hydrogens is 442 g/mol. The topological polar surface area (TPSA) is 93.3 Å². The summed E-state index contributed by atoms with van der Waals surface area (Å²) in [5.74, 6) is -0.259. The minimum atomic E-state index is -0.386. The van der Waals surface area contributed by atoms with Gasteiger partial charge in [-0.2, -0.15) is 0 Å². The van der Waals surface area contributed by atoms with Gasteiger partial charge in [0.25, 0.3) is 11.3 Å². The van der Waals surface area contributed by atoms with Gasteiger partial charge in [0.1, 0.15) is 24.0 Å². The molecule has 0 unspecified atom stereocenters. The summed E-state index contributed by atoms with van der Waals surface area (Å²) in [5, 5.41) is 7.67. The maximum Gasteiger partial charge on any atom is 0.267 e. The van der Waals surface area contributed by atoms with Crippen molar-refractivity contribution in [3.05, 3.63) is 76.3 Å². The fraction of sp³-hybridized carbons (Fsp3) is 0.250. The van der Waals surface area contributed by atoms with E-state index in [1.807, 2.05) is 18.2 Å². The molecule has 0 aliphatic carbocycles. The van der Waals surface area contributed by atoms with Crippen LogP contribution in [0.15, 0.2) is 70.2 Å². The Balaban J connectivity index is 1.39. The van der Waals surface area contributed by atoms with Crippen LogP contribution in [0.5, 0.6) is 0 Å². The monoisotopic (exact) mass is 465 g/mol. The third-order valence-electron chi connectivity index (χ3n) is 5.32. The van der Waals surface area contributed by atoms with Crippen molar-refractivity contribution in [2.24, 2.45) is 0 Å². The van der Waals surface area contributed by atoms with Crippen LogP contribution < -0.4 is 15.8 Å². The first-order chi connectivity index (χ1) is 16.1. The number of carbonyl (C=O) groups excluding carboxylic acids is 1. The highest BCUT2D eigenvalue weighted by atomic mass is 35.5. The van der Waals surface area contributed by atoms with Crippen molar-refractivity contribution in [2.75, 3.05) is 24.5 Å². The Labute approximate surface area is 195 Å². The Morgan fingerprint density at radius 1 is 1.15 bits per heavy atom. The lowest BCUT2D eigenvalue weighted by Gasteiger charge is -2.23. The number of nitrogens with zero attached hydrogens (tertiary/aromatic N) is 4. The van der Waals surface area contributed by atoms with E-state index in [4.69, 9.17) is 16.1 Å². The number of aromatic nitrogens is 3. The molecule has 170 valence electrons. The molecule has 2 aromatic carbocycles. The molecule has 2 heterocycles. The van der Waals surface area contributed by atoms with Crippen LogP contribution in [0.1, 0.15) is 13.3 Å². The summed E-state index contributed by atoms with van der Waals surface area (Å²) in [6.07, 6.45) is 2.09. The van der Waals surface area contributed by atoms with Crippen LogP contribution in [0.3, 0.4) is 0 Å². The zero-order valence-electron chi connectivity index (χ0n) is 18.2. The molecule has 0 aliphatic rings. The van der Waals surface area contributed by atoms with Crippen molar-refractivity contribution in [2.45, 2.75) is 19.9 Å². The molecule has 9 heteroatoms. The smallest absolute Gasteiger partial charge is 0.267 e. The van der Waals surface area contributed by atoms with Gasteiger partial charge in [0.15, 0.2) is 0 Å². The molecule has 0 bridgehead atoms. The number of nitrogens with one attached hydrogen (secondary N) is 1. The Morgan fingerprint density at radius 2 is 1.91 bits per heavy atom. The van der Waals surface area contributed by atoms with Crippen LogP contribution in [0.25, 0.3) is 22.4 Å². The molecule has 0 spiro atoms. The molecule has 4 rings (SSSR count). The summed E-state index contributed by atoms with van der Waals surface area (Å²) in [7, 11) is 0. The lowest BCUT2D eigenvalue weighted by atomic mass is 10.1. The fourth-order valence-corrected chi connectivity index (χ4v) is 3.74. The minimum absolute atomic E-state index is 0.127. The second kappa shape index (κ2) is 10.3. The Morgan fingerprint density at radius 3 is 2.64 bits per heavy atom. The maximum atomic E-state index is 13.0. The average Bonchev–Trinajstić information content (AvgIpc) is 3.27. The quantitative estimate of drug-likeness (QED) is 0.378. The number of anilines is 1. The second-order valence-electron chi connectivity index (χ2n) is 7.51. The standard InChI is InChI=1S/C24H24ClN5O3/c1-2-29(19-7-4-3-5-8-19)14-6-13-26-20(31)15-30-16-27-23-21(24(30)32)22(28-33-23)17-9-11-18(25)12-10-17/h3-5,7-12,16H,2,6,13-15H2,1H3,(H,26,31). The number of fused-ring (bicyclic) bond motifs is 1. The van der Waals surface area contributed by atoms with E-state index in [0.717, 1.165) is 25.2 Å². The predicted octanol–water partition coefficient (Wildman–Crippen LogP) is 3.74. The van der Waals surface area contributed by atoms with Gasteiger partial charge < -0.3 is 14.7 Å². The lowest BCUT2D eigenvalue weighted by Crippen LogP contribution is -2.34. The Bertz CT molecular complexity index is 1290. The molecule has 1 amide bonds. The van der Waals surface area contributed by atoms with Gasteiger partial charge in [-0.15, -0.1) is 0 Å². The summed E-state index contributed by atoms with van der Waals surface area (Å²) >= 11 is 5.94. The van der Waals surface area contributed by atoms with Crippen molar-refractivity contribution in [1.82, 2.24) is 20.0 Å². The van der Waals surface area contributed by atoms with Crippen LogP contribution in [-0.4, -0.2) is 40.2 Å². The summed E-state index contributed by atoms with van der Waals surface area (Å²) in [4.78, 5) is 31.9. The van der Waals surface area contributed by atoms with Crippen molar-refractivity contribution in [3.63, 3.8) is 0 Å². The first kappa shape index (κ1) is 22.5. The van der Waals surface area contributed by atoms with Crippen LogP contribution in [0.2, 0.25) is 5.02 Å². The Hall–Kier alpha value is -3.65. The number of rotatable bonds is 9. The molecule has 0 saturated heterocycles. The van der Waals surface area contributed by atoms with Gasteiger partial charge >= 0.3 is 0 Å². The van der Waals surface area contributed by atoms with Gasteiger partial charge in [0.05, 0.1) is 0 Å². The van der Waals surface area contributed by atoms with E-state index in [1.54, 1.807) is 24.3 Å². The number of hydrogen-bond donors (Lipinski definition) is 1. The van der Waals surface area contributed by atoms with Gasteiger partial charge in [0, 0.05) is 35.9 Å². The van der Waals surface area contributed by atoms with Gasteiger partial charge in [-0.25, -0.2) is 4.98 Å². The van der Waals surface area contributed by atoms with E-state index >= 15 is 0 Å². The predicted molar refractivity (Wildman–Crippen MR) is 128 cm³/mol. The van der Waals surface area contributed by atoms with E-state index in [0.29, 0.717) is 22.8 Å².